The SMILES string of the molecule is COc1ccccc1OCC(=O)Nc1ccc(-c2nnc(-c3ccc(C(C)(C)C)cc3)o2)cc1. The van der Waals surface area contributed by atoms with E-state index in [0.717, 1.165) is 11.1 Å². The maximum Gasteiger partial charge on any atom is 0.262 e. The molecule has 4 aromatic rings. The summed E-state index contributed by atoms with van der Waals surface area (Å²) < 4.78 is 16.6. The maximum absolute atomic E-state index is 12.3. The Hall–Kier alpha value is -4.13. The van der Waals surface area contributed by atoms with Crippen molar-refractivity contribution >= 4 is 11.6 Å². The summed E-state index contributed by atoms with van der Waals surface area (Å²) in [6.45, 7) is 6.38. The number of hydrogen-bond donors (Lipinski definition) is 1. The minimum Gasteiger partial charge on any atom is -0.493 e. The van der Waals surface area contributed by atoms with Crippen LogP contribution in [0.25, 0.3) is 22.9 Å². The highest BCUT2D eigenvalue weighted by Gasteiger charge is 2.15. The van der Waals surface area contributed by atoms with Crippen LogP contribution < -0.4 is 14.8 Å². The van der Waals surface area contributed by atoms with Crippen LogP contribution in [0.3, 0.4) is 0 Å². The van der Waals surface area contributed by atoms with Gasteiger partial charge in [-0.25, -0.2) is 0 Å². The van der Waals surface area contributed by atoms with Crippen LogP contribution in [0.1, 0.15) is 26.3 Å². The second kappa shape index (κ2) is 9.79. The fraction of sp³-hybridized carbons (Fsp3) is 0.222. The first-order chi connectivity index (χ1) is 16.3. The van der Waals surface area contributed by atoms with Crippen LogP contribution in [0.15, 0.2) is 77.2 Å². The van der Waals surface area contributed by atoms with E-state index in [1.54, 1.807) is 31.4 Å². The summed E-state index contributed by atoms with van der Waals surface area (Å²) in [5, 5.41) is 11.2. The van der Waals surface area contributed by atoms with Crippen LogP contribution in [0.4, 0.5) is 5.69 Å². The summed E-state index contributed by atoms with van der Waals surface area (Å²) in [4.78, 5) is 12.3. The van der Waals surface area contributed by atoms with Crippen LogP contribution >= 0.6 is 0 Å². The number of carbonyl (C=O) groups excluding carboxylic acids is 1. The second-order valence-electron chi connectivity index (χ2n) is 8.80. The van der Waals surface area contributed by atoms with Crippen LogP contribution in [0.5, 0.6) is 11.5 Å². The Labute approximate surface area is 198 Å². The van der Waals surface area contributed by atoms with E-state index in [-0.39, 0.29) is 17.9 Å². The van der Waals surface area contributed by atoms with E-state index in [0.29, 0.717) is 29.0 Å². The van der Waals surface area contributed by atoms with Crippen molar-refractivity contribution in [1.82, 2.24) is 10.2 Å². The molecule has 1 N–H and O–H groups in total. The molecule has 1 heterocycles. The van der Waals surface area contributed by atoms with Gasteiger partial charge < -0.3 is 19.2 Å². The van der Waals surface area contributed by atoms with Crippen LogP contribution in [0.2, 0.25) is 0 Å². The van der Waals surface area contributed by atoms with Crippen molar-refractivity contribution in [2.24, 2.45) is 0 Å². The van der Waals surface area contributed by atoms with E-state index in [9.17, 15) is 4.79 Å². The van der Waals surface area contributed by atoms with E-state index in [2.05, 4.69) is 48.4 Å². The summed E-state index contributed by atoms with van der Waals surface area (Å²) in [5.74, 6) is 1.67. The number of anilines is 1. The minimum absolute atomic E-state index is 0.0796. The van der Waals surface area contributed by atoms with Gasteiger partial charge in [-0.3, -0.25) is 4.79 Å². The molecule has 174 valence electrons. The molecule has 0 unspecified atom stereocenters. The molecular formula is C27H27N3O4. The topological polar surface area (TPSA) is 86.5 Å². The van der Waals surface area contributed by atoms with Crippen LogP contribution in [-0.4, -0.2) is 29.8 Å². The highest BCUT2D eigenvalue weighted by molar-refractivity contribution is 5.92. The molecule has 0 spiro atoms. The maximum atomic E-state index is 12.3. The highest BCUT2D eigenvalue weighted by Crippen LogP contribution is 2.28. The Morgan fingerprint density at radius 2 is 1.41 bits per heavy atom. The molecule has 7 nitrogen and oxygen atoms in total. The number of para-hydroxylation sites is 2. The van der Waals surface area contributed by atoms with E-state index in [1.807, 2.05) is 36.4 Å². The number of ether oxygens (including phenoxy) is 2. The Morgan fingerprint density at radius 3 is 1.97 bits per heavy atom. The van der Waals surface area contributed by atoms with Gasteiger partial charge in [-0.05, 0) is 59.5 Å². The average Bonchev–Trinajstić information content (AvgIpc) is 3.33. The van der Waals surface area contributed by atoms with Gasteiger partial charge in [0.1, 0.15) is 0 Å². The number of methoxy groups -OCH3 is 1. The lowest BCUT2D eigenvalue weighted by Gasteiger charge is -2.18. The Kier molecular flexibility index (Phi) is 6.63. The molecule has 1 amide bonds. The number of nitrogens with one attached hydrogen (secondary N) is 1. The Morgan fingerprint density at radius 1 is 0.853 bits per heavy atom. The minimum atomic E-state index is -0.280. The van der Waals surface area contributed by atoms with Crippen molar-refractivity contribution in [3.63, 3.8) is 0 Å². The van der Waals surface area contributed by atoms with Gasteiger partial charge in [-0.2, -0.15) is 0 Å². The fourth-order valence-corrected chi connectivity index (χ4v) is 3.34. The standard InChI is InChI=1S/C27H27N3O4/c1-27(2,3)20-13-9-18(10-14-20)25-29-30-26(34-25)19-11-15-21(16-12-19)28-24(31)17-33-23-8-6-5-7-22(23)32-4/h5-16H,17H2,1-4H3,(H,28,31). The van der Waals surface area contributed by atoms with E-state index in [1.165, 1.54) is 5.56 Å². The molecule has 0 atom stereocenters. The molecule has 3 aromatic carbocycles. The molecule has 34 heavy (non-hydrogen) atoms. The number of carbonyl (C=O) groups is 1. The number of nitrogens with zero attached hydrogens (tertiary/aromatic N) is 2. The zero-order valence-electron chi connectivity index (χ0n) is 19.7. The second-order valence-corrected chi connectivity index (χ2v) is 8.80. The molecule has 0 saturated carbocycles. The normalized spacial score (nSPS) is 11.2. The predicted octanol–water partition coefficient (Wildman–Crippen LogP) is 5.73. The summed E-state index contributed by atoms with van der Waals surface area (Å²) in [6.07, 6.45) is 0. The third-order valence-electron chi connectivity index (χ3n) is 5.27. The highest BCUT2D eigenvalue weighted by atomic mass is 16.5. The van der Waals surface area contributed by atoms with Gasteiger partial charge in [0.2, 0.25) is 11.8 Å². The van der Waals surface area contributed by atoms with E-state index < -0.39 is 0 Å². The molecule has 0 radical (unpaired) electrons. The first kappa shape index (κ1) is 23.0. The lowest BCUT2D eigenvalue weighted by Crippen LogP contribution is -2.20. The lowest BCUT2D eigenvalue weighted by molar-refractivity contribution is -0.118. The van der Waals surface area contributed by atoms with Gasteiger partial charge in [0.05, 0.1) is 7.11 Å². The van der Waals surface area contributed by atoms with Crippen molar-refractivity contribution in [3.05, 3.63) is 78.4 Å². The summed E-state index contributed by atoms with van der Waals surface area (Å²) in [7, 11) is 1.55. The molecular weight excluding hydrogens is 430 g/mol. The molecule has 0 bridgehead atoms. The van der Waals surface area contributed by atoms with Gasteiger partial charge in [0.15, 0.2) is 18.1 Å². The number of rotatable bonds is 7. The van der Waals surface area contributed by atoms with E-state index >= 15 is 0 Å². The largest absolute Gasteiger partial charge is 0.493 e. The number of hydrogen-bond acceptors (Lipinski definition) is 6. The van der Waals surface area contributed by atoms with Crippen molar-refractivity contribution in [3.8, 4) is 34.4 Å². The van der Waals surface area contributed by atoms with Crippen LogP contribution in [0, 0.1) is 0 Å². The van der Waals surface area contributed by atoms with Gasteiger partial charge in [0.25, 0.3) is 5.91 Å². The van der Waals surface area contributed by atoms with Crippen molar-refractivity contribution in [2.75, 3.05) is 19.0 Å². The smallest absolute Gasteiger partial charge is 0.262 e. The van der Waals surface area contributed by atoms with Crippen molar-refractivity contribution < 1.29 is 18.7 Å². The summed E-state index contributed by atoms with van der Waals surface area (Å²) in [5.41, 5.74) is 3.58. The van der Waals surface area contributed by atoms with E-state index in [4.69, 9.17) is 13.9 Å². The van der Waals surface area contributed by atoms with Crippen LogP contribution in [-0.2, 0) is 10.2 Å². The Bertz CT molecular complexity index is 1260. The van der Waals surface area contributed by atoms with Gasteiger partial charge in [-0.1, -0.05) is 45.0 Å². The monoisotopic (exact) mass is 457 g/mol. The molecule has 0 saturated heterocycles. The first-order valence-corrected chi connectivity index (χ1v) is 10.9. The third-order valence-corrected chi connectivity index (χ3v) is 5.27. The van der Waals surface area contributed by atoms with Crippen molar-refractivity contribution in [1.29, 1.82) is 0 Å². The summed E-state index contributed by atoms with van der Waals surface area (Å²) in [6, 6.07) is 22.5. The quantitative estimate of drug-likeness (QED) is 0.382. The zero-order valence-corrected chi connectivity index (χ0v) is 19.7. The molecule has 0 fully saturated rings. The van der Waals surface area contributed by atoms with Gasteiger partial charge in [0, 0.05) is 16.8 Å². The Balaban J connectivity index is 1.37. The molecule has 0 aliphatic rings. The third kappa shape index (κ3) is 5.43. The molecule has 0 aliphatic carbocycles. The number of aromatic nitrogens is 2. The number of benzene rings is 3. The predicted molar refractivity (Wildman–Crippen MR) is 131 cm³/mol. The molecule has 0 aliphatic heterocycles. The molecule has 1 aromatic heterocycles. The first-order valence-electron chi connectivity index (χ1n) is 10.9. The number of amides is 1. The van der Waals surface area contributed by atoms with Gasteiger partial charge in [-0.15, -0.1) is 10.2 Å². The van der Waals surface area contributed by atoms with Crippen molar-refractivity contribution in [2.45, 2.75) is 26.2 Å². The zero-order chi connectivity index (χ0) is 24.1. The lowest BCUT2D eigenvalue weighted by atomic mass is 9.87. The summed E-state index contributed by atoms with van der Waals surface area (Å²) >= 11 is 0. The average molecular weight is 458 g/mol. The fourth-order valence-electron chi connectivity index (χ4n) is 3.34. The van der Waals surface area contributed by atoms with Gasteiger partial charge >= 0.3 is 0 Å². The molecule has 7 heteroatoms. The molecule has 4 rings (SSSR count).